The van der Waals surface area contributed by atoms with Gasteiger partial charge in [0.1, 0.15) is 0 Å². The zero-order chi connectivity index (χ0) is 7.40. The van der Waals surface area contributed by atoms with Crippen LogP contribution in [0.3, 0.4) is 0 Å². The van der Waals surface area contributed by atoms with E-state index in [4.69, 9.17) is 11.7 Å². The number of aliphatic hydroxyl groups is 1. The van der Waals surface area contributed by atoms with Gasteiger partial charge >= 0.3 is 0 Å². The molecule has 0 saturated heterocycles. The molecular formula is C9H9O. The van der Waals surface area contributed by atoms with Crippen LogP contribution in [0.25, 0.3) is 0 Å². The lowest BCUT2D eigenvalue weighted by molar-refractivity contribution is 0.229. The molecule has 1 aromatic rings. The lowest BCUT2D eigenvalue weighted by Crippen LogP contribution is -1.90. The van der Waals surface area contributed by atoms with Gasteiger partial charge in [0.25, 0.3) is 0 Å². The minimum atomic E-state index is -0.638. The average molecular weight is 133 g/mol. The summed E-state index contributed by atoms with van der Waals surface area (Å²) in [5, 5.41) is 9.15. The zero-order valence-electron chi connectivity index (χ0n) is 5.57. The smallest absolute Gasteiger partial charge is 0.0974 e. The van der Waals surface area contributed by atoms with Crippen LogP contribution in [0.1, 0.15) is 11.7 Å². The third-order valence-electron chi connectivity index (χ3n) is 1.32. The van der Waals surface area contributed by atoms with Crippen LogP contribution >= 0.6 is 0 Å². The summed E-state index contributed by atoms with van der Waals surface area (Å²) in [4.78, 5) is 0. The Morgan fingerprint density at radius 1 is 1.30 bits per heavy atom. The van der Waals surface area contributed by atoms with E-state index in [2.05, 4.69) is 0 Å². The topological polar surface area (TPSA) is 20.2 Å². The highest BCUT2D eigenvalue weighted by molar-refractivity contribution is 5.19. The van der Waals surface area contributed by atoms with Crippen molar-refractivity contribution in [1.82, 2.24) is 0 Å². The van der Waals surface area contributed by atoms with Crippen LogP contribution in [-0.2, 0) is 0 Å². The van der Waals surface area contributed by atoms with E-state index in [-0.39, 0.29) is 0 Å². The van der Waals surface area contributed by atoms with Crippen molar-refractivity contribution in [3.05, 3.63) is 48.6 Å². The summed E-state index contributed by atoms with van der Waals surface area (Å²) in [6.07, 6.45) is 0.621. The molecule has 0 aromatic heterocycles. The first-order chi connectivity index (χ1) is 4.84. The van der Waals surface area contributed by atoms with Crippen LogP contribution < -0.4 is 0 Å². The maximum atomic E-state index is 9.15. The number of rotatable bonds is 2. The van der Waals surface area contributed by atoms with Crippen LogP contribution in [0.15, 0.2) is 36.4 Å². The van der Waals surface area contributed by atoms with E-state index in [0.29, 0.717) is 0 Å². The fourth-order valence-electron chi connectivity index (χ4n) is 0.761. The Morgan fingerprint density at radius 3 is 2.40 bits per heavy atom. The van der Waals surface area contributed by atoms with E-state index < -0.39 is 6.10 Å². The van der Waals surface area contributed by atoms with E-state index in [1.54, 1.807) is 0 Å². The lowest BCUT2D eigenvalue weighted by Gasteiger charge is -2.02. The molecule has 0 bridgehead atoms. The summed E-state index contributed by atoms with van der Waals surface area (Å²) >= 11 is 0. The molecule has 0 aliphatic rings. The summed E-state index contributed by atoms with van der Waals surface area (Å²) in [7, 11) is 0. The van der Waals surface area contributed by atoms with Crippen molar-refractivity contribution in [2.45, 2.75) is 6.10 Å². The second-order valence-electron chi connectivity index (χ2n) is 2.05. The molecule has 1 unspecified atom stereocenters. The van der Waals surface area contributed by atoms with Crippen LogP contribution in [-0.4, -0.2) is 5.11 Å². The SMILES string of the molecule is [CH]=CC(O)c1ccccc1. The quantitative estimate of drug-likeness (QED) is 0.651. The second-order valence-corrected chi connectivity index (χ2v) is 2.05. The summed E-state index contributed by atoms with van der Waals surface area (Å²) in [5.41, 5.74) is 0.824. The Kier molecular flexibility index (Phi) is 2.24. The first-order valence-corrected chi connectivity index (χ1v) is 3.12. The van der Waals surface area contributed by atoms with Gasteiger partial charge < -0.3 is 5.11 Å². The van der Waals surface area contributed by atoms with Crippen molar-refractivity contribution in [2.75, 3.05) is 0 Å². The van der Waals surface area contributed by atoms with Crippen molar-refractivity contribution < 1.29 is 5.11 Å². The largest absolute Gasteiger partial charge is 0.384 e. The highest BCUT2D eigenvalue weighted by atomic mass is 16.3. The van der Waals surface area contributed by atoms with Crippen molar-refractivity contribution in [2.24, 2.45) is 0 Å². The standard InChI is InChI=1S/C9H9O/c1-2-9(10)8-6-4-3-5-7-8/h1-7,9-10H. The normalized spacial score (nSPS) is 12.5. The fourth-order valence-corrected chi connectivity index (χ4v) is 0.761. The van der Waals surface area contributed by atoms with Gasteiger partial charge in [0.05, 0.1) is 6.10 Å². The molecule has 0 aliphatic heterocycles. The van der Waals surface area contributed by atoms with Crippen LogP contribution in [0, 0.1) is 6.58 Å². The van der Waals surface area contributed by atoms with E-state index >= 15 is 0 Å². The predicted octanol–water partition coefficient (Wildman–Crippen LogP) is 1.71. The maximum Gasteiger partial charge on any atom is 0.0974 e. The number of hydrogen-bond acceptors (Lipinski definition) is 1. The molecule has 1 N–H and O–H groups in total. The summed E-state index contributed by atoms with van der Waals surface area (Å²) in [6, 6.07) is 9.28. The molecule has 0 spiro atoms. The lowest BCUT2D eigenvalue weighted by atomic mass is 10.1. The number of benzene rings is 1. The number of aliphatic hydroxyl groups excluding tert-OH is 1. The second kappa shape index (κ2) is 3.18. The van der Waals surface area contributed by atoms with Gasteiger partial charge in [-0.25, -0.2) is 0 Å². The Labute approximate surface area is 60.6 Å². The Morgan fingerprint density at radius 2 is 1.90 bits per heavy atom. The Balaban J connectivity index is 2.84. The summed E-state index contributed by atoms with van der Waals surface area (Å²) in [6.45, 7) is 5.13. The molecule has 1 heteroatoms. The molecule has 1 rings (SSSR count). The summed E-state index contributed by atoms with van der Waals surface area (Å²) in [5.74, 6) is 0. The molecule has 0 fully saturated rings. The minimum Gasteiger partial charge on any atom is -0.384 e. The molecule has 1 radical (unpaired) electrons. The molecular weight excluding hydrogens is 124 g/mol. The molecule has 1 aromatic carbocycles. The van der Waals surface area contributed by atoms with E-state index in [9.17, 15) is 0 Å². The maximum absolute atomic E-state index is 9.15. The highest BCUT2D eigenvalue weighted by Crippen LogP contribution is 2.11. The highest BCUT2D eigenvalue weighted by Gasteiger charge is 1.98. The molecule has 10 heavy (non-hydrogen) atoms. The van der Waals surface area contributed by atoms with Crippen molar-refractivity contribution >= 4 is 0 Å². The average Bonchev–Trinajstić information content (AvgIpc) is 2.05. The fraction of sp³-hybridized carbons (Fsp3) is 0.111. The molecule has 0 amide bonds. The Bertz CT molecular complexity index is 203. The third kappa shape index (κ3) is 1.45. The third-order valence-corrected chi connectivity index (χ3v) is 1.32. The molecule has 51 valence electrons. The first-order valence-electron chi connectivity index (χ1n) is 3.12. The monoisotopic (exact) mass is 133 g/mol. The van der Waals surface area contributed by atoms with Crippen molar-refractivity contribution in [3.63, 3.8) is 0 Å². The summed E-state index contributed by atoms with van der Waals surface area (Å²) < 4.78 is 0. The van der Waals surface area contributed by atoms with Gasteiger partial charge in [-0.3, -0.25) is 0 Å². The van der Waals surface area contributed by atoms with Crippen LogP contribution in [0.5, 0.6) is 0 Å². The van der Waals surface area contributed by atoms with Crippen LogP contribution in [0.4, 0.5) is 0 Å². The van der Waals surface area contributed by atoms with E-state index in [1.807, 2.05) is 30.3 Å². The van der Waals surface area contributed by atoms with Crippen molar-refractivity contribution in [1.29, 1.82) is 0 Å². The molecule has 0 saturated carbocycles. The first kappa shape index (κ1) is 7.03. The van der Waals surface area contributed by atoms with E-state index in [1.165, 1.54) is 6.08 Å². The van der Waals surface area contributed by atoms with Gasteiger partial charge in [-0.15, -0.1) is 0 Å². The van der Waals surface area contributed by atoms with Crippen LogP contribution in [0.2, 0.25) is 0 Å². The van der Waals surface area contributed by atoms with Gasteiger partial charge in [0.15, 0.2) is 0 Å². The molecule has 1 atom stereocenters. The van der Waals surface area contributed by atoms with Gasteiger partial charge in [0, 0.05) is 0 Å². The molecule has 1 nitrogen and oxygen atoms in total. The van der Waals surface area contributed by atoms with Crippen molar-refractivity contribution in [3.8, 4) is 0 Å². The van der Waals surface area contributed by atoms with Gasteiger partial charge in [-0.1, -0.05) is 43.0 Å². The minimum absolute atomic E-state index is 0.638. The Hall–Kier alpha value is -1.08. The van der Waals surface area contributed by atoms with Gasteiger partial charge in [-0.05, 0) is 5.56 Å². The number of hydrogen-bond donors (Lipinski definition) is 1. The molecule has 0 aliphatic carbocycles. The van der Waals surface area contributed by atoms with Gasteiger partial charge in [0.2, 0.25) is 0 Å². The van der Waals surface area contributed by atoms with E-state index in [0.717, 1.165) is 5.56 Å². The molecule has 0 heterocycles. The van der Waals surface area contributed by atoms with Gasteiger partial charge in [-0.2, -0.15) is 0 Å². The zero-order valence-corrected chi connectivity index (χ0v) is 5.57. The predicted molar refractivity (Wildman–Crippen MR) is 40.3 cm³/mol.